The van der Waals surface area contributed by atoms with E-state index in [0.29, 0.717) is 6.42 Å². The van der Waals surface area contributed by atoms with Gasteiger partial charge in [0.1, 0.15) is 6.29 Å². The molecule has 58 valence electrons. The van der Waals surface area contributed by atoms with E-state index in [9.17, 15) is 4.79 Å². The molecule has 0 amide bonds. The predicted octanol–water partition coefficient (Wildman–Crippen LogP) is 0.780. The van der Waals surface area contributed by atoms with Crippen LogP contribution < -0.4 is 0 Å². The van der Waals surface area contributed by atoms with Crippen molar-refractivity contribution in [3.05, 3.63) is 23.8 Å². The Labute approximate surface area is 65.5 Å². The number of aromatic nitrogens is 2. The standard InChI is InChI=1S/C8H10N2O/c1-2-7-8(3-6-11)10-5-4-9-7/h4-6H,2-3H2,1H3. The molecule has 1 heterocycles. The highest BCUT2D eigenvalue weighted by molar-refractivity contribution is 5.54. The van der Waals surface area contributed by atoms with Crippen molar-refractivity contribution in [2.45, 2.75) is 19.8 Å². The average molecular weight is 150 g/mol. The van der Waals surface area contributed by atoms with Gasteiger partial charge in [0.05, 0.1) is 11.4 Å². The minimum absolute atomic E-state index is 0.372. The highest BCUT2D eigenvalue weighted by atomic mass is 16.1. The van der Waals surface area contributed by atoms with Crippen molar-refractivity contribution in [1.82, 2.24) is 9.97 Å². The summed E-state index contributed by atoms with van der Waals surface area (Å²) in [5.74, 6) is 0. The molecule has 0 aliphatic carbocycles. The molecule has 0 aromatic carbocycles. The summed E-state index contributed by atoms with van der Waals surface area (Å²) >= 11 is 0. The van der Waals surface area contributed by atoms with Gasteiger partial charge in [-0.05, 0) is 6.42 Å². The highest BCUT2D eigenvalue weighted by Gasteiger charge is 2.00. The maximum absolute atomic E-state index is 10.2. The molecule has 0 atom stereocenters. The molecule has 11 heavy (non-hydrogen) atoms. The second-order valence-corrected chi connectivity index (χ2v) is 2.17. The molecule has 1 aromatic heterocycles. The van der Waals surface area contributed by atoms with E-state index in [4.69, 9.17) is 0 Å². The molecule has 3 nitrogen and oxygen atoms in total. The quantitative estimate of drug-likeness (QED) is 0.598. The molecule has 0 aliphatic rings. The first-order valence-corrected chi connectivity index (χ1v) is 3.61. The lowest BCUT2D eigenvalue weighted by atomic mass is 10.2. The van der Waals surface area contributed by atoms with Gasteiger partial charge in [-0.3, -0.25) is 9.97 Å². The van der Waals surface area contributed by atoms with E-state index in [1.54, 1.807) is 12.4 Å². The Morgan fingerprint density at radius 2 is 2.00 bits per heavy atom. The number of hydrogen-bond donors (Lipinski definition) is 0. The molecule has 0 unspecified atom stereocenters. The molecule has 1 rings (SSSR count). The molecule has 1 aromatic rings. The first-order chi connectivity index (χ1) is 5.38. The van der Waals surface area contributed by atoms with E-state index >= 15 is 0 Å². The minimum Gasteiger partial charge on any atom is -0.303 e. The van der Waals surface area contributed by atoms with Gasteiger partial charge in [0.2, 0.25) is 0 Å². The number of carbonyl (C=O) groups is 1. The molecular formula is C8H10N2O. The molecule has 0 fully saturated rings. The molecule has 0 N–H and O–H groups in total. The SMILES string of the molecule is CCc1nccnc1CC=O. The van der Waals surface area contributed by atoms with Crippen molar-refractivity contribution in [3.63, 3.8) is 0 Å². The Balaban J connectivity index is 2.92. The molecule has 0 saturated heterocycles. The number of rotatable bonds is 3. The monoisotopic (exact) mass is 150 g/mol. The molecule has 0 bridgehead atoms. The van der Waals surface area contributed by atoms with Crippen LogP contribution in [-0.2, 0) is 17.6 Å². The zero-order valence-electron chi connectivity index (χ0n) is 6.45. The van der Waals surface area contributed by atoms with Gasteiger partial charge in [-0.25, -0.2) is 0 Å². The first-order valence-electron chi connectivity index (χ1n) is 3.61. The predicted molar refractivity (Wildman–Crippen MR) is 41.2 cm³/mol. The van der Waals surface area contributed by atoms with Crippen molar-refractivity contribution in [1.29, 1.82) is 0 Å². The van der Waals surface area contributed by atoms with Gasteiger partial charge in [0.15, 0.2) is 0 Å². The van der Waals surface area contributed by atoms with E-state index in [0.717, 1.165) is 24.1 Å². The van der Waals surface area contributed by atoms with Crippen molar-refractivity contribution in [3.8, 4) is 0 Å². The normalized spacial score (nSPS) is 9.55. The largest absolute Gasteiger partial charge is 0.303 e. The van der Waals surface area contributed by atoms with Crippen LogP contribution in [0.2, 0.25) is 0 Å². The zero-order valence-corrected chi connectivity index (χ0v) is 6.45. The lowest BCUT2D eigenvalue weighted by Gasteiger charge is -1.99. The Morgan fingerprint density at radius 3 is 2.55 bits per heavy atom. The van der Waals surface area contributed by atoms with E-state index < -0.39 is 0 Å². The van der Waals surface area contributed by atoms with Crippen LogP contribution in [0.3, 0.4) is 0 Å². The number of nitrogens with zero attached hydrogens (tertiary/aromatic N) is 2. The highest BCUT2D eigenvalue weighted by Crippen LogP contribution is 2.01. The summed E-state index contributed by atoms with van der Waals surface area (Å²) in [5.41, 5.74) is 1.71. The third-order valence-corrected chi connectivity index (χ3v) is 1.47. The van der Waals surface area contributed by atoms with Gasteiger partial charge in [-0.15, -0.1) is 0 Å². The fraction of sp³-hybridized carbons (Fsp3) is 0.375. The molecule has 0 spiro atoms. The topological polar surface area (TPSA) is 42.9 Å². The van der Waals surface area contributed by atoms with Crippen molar-refractivity contribution in [2.24, 2.45) is 0 Å². The Kier molecular flexibility index (Phi) is 2.72. The summed E-state index contributed by atoms with van der Waals surface area (Å²) < 4.78 is 0. The van der Waals surface area contributed by atoms with Gasteiger partial charge < -0.3 is 4.79 Å². The smallest absolute Gasteiger partial charge is 0.126 e. The van der Waals surface area contributed by atoms with E-state index in [-0.39, 0.29) is 0 Å². The number of carbonyl (C=O) groups excluding carboxylic acids is 1. The summed E-state index contributed by atoms with van der Waals surface area (Å²) in [6, 6.07) is 0. The molecular weight excluding hydrogens is 140 g/mol. The van der Waals surface area contributed by atoms with E-state index in [2.05, 4.69) is 9.97 Å². The van der Waals surface area contributed by atoms with Gasteiger partial charge in [-0.1, -0.05) is 6.92 Å². The van der Waals surface area contributed by atoms with Crippen LogP contribution >= 0.6 is 0 Å². The number of aldehydes is 1. The van der Waals surface area contributed by atoms with Crippen LogP contribution in [0.15, 0.2) is 12.4 Å². The summed E-state index contributed by atoms with van der Waals surface area (Å²) in [6.45, 7) is 2.00. The summed E-state index contributed by atoms with van der Waals surface area (Å²) in [4.78, 5) is 18.3. The number of aryl methyl sites for hydroxylation is 1. The summed E-state index contributed by atoms with van der Waals surface area (Å²) in [5, 5.41) is 0. The second kappa shape index (κ2) is 3.81. The van der Waals surface area contributed by atoms with Crippen LogP contribution in [0.5, 0.6) is 0 Å². The third kappa shape index (κ3) is 1.83. The third-order valence-electron chi connectivity index (χ3n) is 1.47. The van der Waals surface area contributed by atoms with E-state index in [1.165, 1.54) is 0 Å². The van der Waals surface area contributed by atoms with Crippen molar-refractivity contribution < 1.29 is 4.79 Å². The Hall–Kier alpha value is -1.25. The Bertz CT molecular complexity index is 248. The maximum atomic E-state index is 10.2. The molecule has 0 saturated carbocycles. The lowest BCUT2D eigenvalue weighted by molar-refractivity contribution is -0.107. The van der Waals surface area contributed by atoms with Gasteiger partial charge >= 0.3 is 0 Å². The summed E-state index contributed by atoms with van der Waals surface area (Å²) in [6.07, 6.45) is 5.31. The van der Waals surface area contributed by atoms with Crippen LogP contribution in [0, 0.1) is 0 Å². The van der Waals surface area contributed by atoms with Crippen LogP contribution in [0.25, 0.3) is 0 Å². The van der Waals surface area contributed by atoms with Crippen LogP contribution in [0.4, 0.5) is 0 Å². The summed E-state index contributed by atoms with van der Waals surface area (Å²) in [7, 11) is 0. The first kappa shape index (κ1) is 7.85. The zero-order chi connectivity index (χ0) is 8.10. The van der Waals surface area contributed by atoms with Crippen LogP contribution in [0.1, 0.15) is 18.3 Å². The van der Waals surface area contributed by atoms with Gasteiger partial charge in [0.25, 0.3) is 0 Å². The fourth-order valence-corrected chi connectivity index (χ4v) is 0.940. The van der Waals surface area contributed by atoms with Crippen molar-refractivity contribution in [2.75, 3.05) is 0 Å². The maximum Gasteiger partial charge on any atom is 0.126 e. The van der Waals surface area contributed by atoms with Crippen molar-refractivity contribution >= 4 is 6.29 Å². The number of hydrogen-bond acceptors (Lipinski definition) is 3. The minimum atomic E-state index is 0.372. The van der Waals surface area contributed by atoms with Gasteiger partial charge in [-0.2, -0.15) is 0 Å². The molecule has 3 heteroatoms. The van der Waals surface area contributed by atoms with Crippen LogP contribution in [-0.4, -0.2) is 16.3 Å². The van der Waals surface area contributed by atoms with Gasteiger partial charge in [0, 0.05) is 18.8 Å². The Morgan fingerprint density at radius 1 is 1.36 bits per heavy atom. The van der Waals surface area contributed by atoms with E-state index in [1.807, 2.05) is 6.92 Å². The second-order valence-electron chi connectivity index (χ2n) is 2.17. The molecule has 0 radical (unpaired) electrons. The fourth-order valence-electron chi connectivity index (χ4n) is 0.940. The molecule has 0 aliphatic heterocycles. The average Bonchev–Trinajstić information content (AvgIpc) is 2.06. The lowest BCUT2D eigenvalue weighted by Crippen LogP contribution is -1.99.